The van der Waals surface area contributed by atoms with Gasteiger partial charge in [-0.3, -0.25) is 14.9 Å². The second-order valence-electron chi connectivity index (χ2n) is 2.51. The van der Waals surface area contributed by atoms with Crippen molar-refractivity contribution in [3.05, 3.63) is 11.8 Å². The van der Waals surface area contributed by atoms with Crippen LogP contribution in [-0.2, 0) is 17.1 Å². The molecule has 14 heavy (non-hydrogen) atoms. The van der Waals surface area contributed by atoms with E-state index < -0.39 is 15.9 Å². The lowest BCUT2D eigenvalue weighted by atomic mass is 10.3. The molecule has 0 aliphatic rings. The number of primary sulfonamides is 1. The molecule has 1 amide bonds. The second-order valence-corrected chi connectivity index (χ2v) is 3.98. The number of nitrogens with one attached hydrogen (secondary N) is 1. The third-order valence-electron chi connectivity index (χ3n) is 1.53. The van der Waals surface area contributed by atoms with Gasteiger partial charge in [-0.05, 0) is 0 Å². The van der Waals surface area contributed by atoms with E-state index >= 15 is 0 Å². The number of nitrogens with zero attached hydrogens (tertiary/aromatic N) is 2. The molecule has 1 aromatic rings. The molecule has 5 N–H and O–H groups in total. The first kappa shape index (κ1) is 10.6. The Morgan fingerprint density at radius 1 is 1.64 bits per heavy atom. The molecule has 8 nitrogen and oxygen atoms in total. The van der Waals surface area contributed by atoms with Crippen molar-refractivity contribution in [2.24, 2.45) is 18.0 Å². The van der Waals surface area contributed by atoms with Crippen molar-refractivity contribution in [2.75, 3.05) is 0 Å². The van der Waals surface area contributed by atoms with Gasteiger partial charge in [0, 0.05) is 7.05 Å². The molecule has 78 valence electrons. The molecular formula is C5H9N5O3S. The average Bonchev–Trinajstić information content (AvgIpc) is 2.44. The Morgan fingerprint density at radius 2 is 2.21 bits per heavy atom. The maximum absolute atomic E-state index is 11.1. The van der Waals surface area contributed by atoms with E-state index in [0.717, 1.165) is 10.9 Å². The van der Waals surface area contributed by atoms with Crippen LogP contribution in [0.5, 0.6) is 0 Å². The van der Waals surface area contributed by atoms with Crippen molar-refractivity contribution in [1.82, 2.24) is 15.2 Å². The molecular weight excluding hydrogens is 210 g/mol. The lowest BCUT2D eigenvalue weighted by Gasteiger charge is -2.01. The number of carbonyl (C=O) groups is 1. The molecule has 0 bridgehead atoms. The molecule has 0 saturated heterocycles. The van der Waals surface area contributed by atoms with Crippen LogP contribution in [0.4, 0.5) is 0 Å². The Bertz CT molecular complexity index is 462. The number of rotatable bonds is 2. The summed E-state index contributed by atoms with van der Waals surface area (Å²) in [6.07, 6.45) is 1.07. The van der Waals surface area contributed by atoms with Gasteiger partial charge in [0.1, 0.15) is 0 Å². The highest BCUT2D eigenvalue weighted by atomic mass is 32.2. The first-order valence-corrected chi connectivity index (χ1v) is 4.98. The quantitative estimate of drug-likeness (QED) is 0.291. The zero-order valence-corrected chi connectivity index (χ0v) is 8.08. The largest absolute Gasteiger partial charge is 0.290 e. The second kappa shape index (κ2) is 3.36. The fourth-order valence-corrected chi connectivity index (χ4v) is 1.86. The number of sulfonamides is 1. The van der Waals surface area contributed by atoms with Crippen molar-refractivity contribution in [3.63, 3.8) is 0 Å². The Hall–Kier alpha value is -1.45. The summed E-state index contributed by atoms with van der Waals surface area (Å²) in [6.45, 7) is 0. The van der Waals surface area contributed by atoms with Crippen molar-refractivity contribution in [2.45, 2.75) is 5.03 Å². The molecule has 0 radical (unpaired) electrons. The number of hydrazine groups is 1. The molecule has 0 saturated carbocycles. The van der Waals surface area contributed by atoms with Crippen LogP contribution in [0.2, 0.25) is 0 Å². The summed E-state index contributed by atoms with van der Waals surface area (Å²) >= 11 is 0. The molecule has 1 rings (SSSR count). The van der Waals surface area contributed by atoms with Gasteiger partial charge in [-0.2, -0.15) is 5.10 Å². The van der Waals surface area contributed by atoms with Gasteiger partial charge in [0.25, 0.3) is 15.9 Å². The lowest BCUT2D eigenvalue weighted by molar-refractivity contribution is 0.0950. The Labute approximate surface area is 79.9 Å². The summed E-state index contributed by atoms with van der Waals surface area (Å²) in [7, 11) is -2.64. The van der Waals surface area contributed by atoms with Crippen molar-refractivity contribution in [3.8, 4) is 0 Å². The first-order valence-electron chi connectivity index (χ1n) is 3.43. The summed E-state index contributed by atoms with van der Waals surface area (Å²) < 4.78 is 23.1. The van der Waals surface area contributed by atoms with Crippen LogP contribution in [0.1, 0.15) is 10.4 Å². The van der Waals surface area contributed by atoms with Gasteiger partial charge in [0.2, 0.25) is 0 Å². The standard InChI is InChI=1S/C5H9N5O3S/c1-10-5(14(7,12)13)3(2-8-10)4(11)9-6/h2H,6H2,1H3,(H,9,11)(H2,7,12,13). The fraction of sp³-hybridized carbons (Fsp3) is 0.200. The minimum absolute atomic E-state index is 0.183. The third kappa shape index (κ3) is 1.73. The van der Waals surface area contributed by atoms with Crippen LogP contribution >= 0.6 is 0 Å². The smallest absolute Gasteiger partial charge is 0.269 e. The molecule has 9 heteroatoms. The summed E-state index contributed by atoms with van der Waals surface area (Å²) in [5, 5.41) is 8.10. The van der Waals surface area contributed by atoms with E-state index in [1.807, 2.05) is 0 Å². The van der Waals surface area contributed by atoms with Gasteiger partial charge in [-0.15, -0.1) is 0 Å². The van der Waals surface area contributed by atoms with E-state index in [0.29, 0.717) is 0 Å². The highest BCUT2D eigenvalue weighted by Crippen LogP contribution is 2.11. The number of aromatic nitrogens is 2. The maximum Gasteiger partial charge on any atom is 0.269 e. The van der Waals surface area contributed by atoms with E-state index in [1.54, 1.807) is 5.43 Å². The van der Waals surface area contributed by atoms with Crippen LogP contribution in [0, 0.1) is 0 Å². The number of aryl methyl sites for hydroxylation is 1. The molecule has 0 aliphatic carbocycles. The number of nitrogens with two attached hydrogens (primary N) is 2. The molecule has 0 spiro atoms. The predicted octanol–water partition coefficient (Wildman–Crippen LogP) is -2.33. The molecule has 1 heterocycles. The minimum atomic E-state index is -3.99. The summed E-state index contributed by atoms with van der Waals surface area (Å²) in [4.78, 5) is 11.1. The van der Waals surface area contributed by atoms with E-state index in [9.17, 15) is 13.2 Å². The molecule has 0 aliphatic heterocycles. The number of carbonyl (C=O) groups excluding carboxylic acids is 1. The highest BCUT2D eigenvalue weighted by molar-refractivity contribution is 7.89. The van der Waals surface area contributed by atoms with Crippen LogP contribution in [0.15, 0.2) is 11.2 Å². The van der Waals surface area contributed by atoms with E-state index in [2.05, 4.69) is 5.10 Å². The Kier molecular flexibility index (Phi) is 2.55. The van der Waals surface area contributed by atoms with Crippen molar-refractivity contribution >= 4 is 15.9 Å². The summed E-state index contributed by atoms with van der Waals surface area (Å²) in [5.74, 6) is 4.09. The van der Waals surface area contributed by atoms with Crippen LogP contribution in [-0.4, -0.2) is 24.1 Å². The molecule has 0 atom stereocenters. The number of hydrogen-bond donors (Lipinski definition) is 3. The predicted molar refractivity (Wildman–Crippen MR) is 46.2 cm³/mol. The summed E-state index contributed by atoms with van der Waals surface area (Å²) in [5.41, 5.74) is 1.61. The first-order chi connectivity index (χ1) is 6.38. The van der Waals surface area contributed by atoms with E-state index in [-0.39, 0.29) is 10.6 Å². The zero-order valence-electron chi connectivity index (χ0n) is 7.26. The van der Waals surface area contributed by atoms with Crippen LogP contribution in [0.25, 0.3) is 0 Å². The maximum atomic E-state index is 11.1. The SMILES string of the molecule is Cn1ncc(C(=O)NN)c1S(N)(=O)=O. The van der Waals surface area contributed by atoms with Crippen LogP contribution < -0.4 is 16.4 Å². The van der Waals surface area contributed by atoms with Gasteiger partial charge in [0.15, 0.2) is 5.03 Å². The Morgan fingerprint density at radius 3 is 2.64 bits per heavy atom. The topological polar surface area (TPSA) is 133 Å². The van der Waals surface area contributed by atoms with Crippen LogP contribution in [0.3, 0.4) is 0 Å². The van der Waals surface area contributed by atoms with E-state index in [1.165, 1.54) is 7.05 Å². The highest BCUT2D eigenvalue weighted by Gasteiger charge is 2.23. The number of hydrogen-bond acceptors (Lipinski definition) is 5. The molecule has 0 aromatic carbocycles. The van der Waals surface area contributed by atoms with Gasteiger partial charge in [-0.1, -0.05) is 0 Å². The van der Waals surface area contributed by atoms with E-state index in [4.69, 9.17) is 11.0 Å². The number of nitrogen functional groups attached to an aromatic ring is 1. The number of amides is 1. The van der Waals surface area contributed by atoms with Gasteiger partial charge in [-0.25, -0.2) is 19.4 Å². The van der Waals surface area contributed by atoms with Crippen molar-refractivity contribution in [1.29, 1.82) is 0 Å². The molecule has 1 aromatic heterocycles. The summed E-state index contributed by atoms with van der Waals surface area (Å²) in [6, 6.07) is 0. The lowest BCUT2D eigenvalue weighted by Crippen LogP contribution is -2.31. The molecule has 0 fully saturated rings. The van der Waals surface area contributed by atoms with Gasteiger partial charge >= 0.3 is 0 Å². The Balaban J connectivity index is 3.42. The minimum Gasteiger partial charge on any atom is -0.290 e. The van der Waals surface area contributed by atoms with Gasteiger partial charge in [0.05, 0.1) is 11.8 Å². The fourth-order valence-electron chi connectivity index (χ4n) is 0.997. The molecule has 0 unspecified atom stereocenters. The monoisotopic (exact) mass is 219 g/mol. The van der Waals surface area contributed by atoms with Gasteiger partial charge < -0.3 is 0 Å². The zero-order chi connectivity index (χ0) is 10.9. The van der Waals surface area contributed by atoms with Crippen molar-refractivity contribution < 1.29 is 13.2 Å². The third-order valence-corrected chi connectivity index (χ3v) is 2.55. The average molecular weight is 219 g/mol. The normalized spacial score (nSPS) is 11.4.